The Morgan fingerprint density at radius 1 is 1.42 bits per heavy atom. The van der Waals surface area contributed by atoms with Crippen molar-refractivity contribution in [1.29, 1.82) is 0 Å². The van der Waals surface area contributed by atoms with Gasteiger partial charge < -0.3 is 15.9 Å². The van der Waals surface area contributed by atoms with Crippen molar-refractivity contribution in [2.75, 3.05) is 0 Å². The Morgan fingerprint density at radius 2 is 2.08 bits per heavy atom. The van der Waals surface area contributed by atoms with Crippen LogP contribution in [0.5, 0.6) is 5.75 Å². The Labute approximate surface area is 71.5 Å². The van der Waals surface area contributed by atoms with Gasteiger partial charge in [-0.3, -0.25) is 0 Å². The van der Waals surface area contributed by atoms with Gasteiger partial charge in [0.15, 0.2) is 0 Å². The monoisotopic (exact) mass is 167 g/mol. The number of phenolic OH excluding ortho intramolecular Hbond substituents is 1. The van der Waals surface area contributed by atoms with E-state index in [1.807, 2.05) is 0 Å². The number of phenols is 1. The van der Waals surface area contributed by atoms with E-state index in [0.717, 1.165) is 5.56 Å². The first-order chi connectivity index (χ1) is 5.61. The molecule has 0 fully saturated rings. The van der Waals surface area contributed by atoms with Crippen LogP contribution in [0.15, 0.2) is 24.3 Å². The van der Waals surface area contributed by atoms with E-state index in [2.05, 4.69) is 0 Å². The molecule has 0 bridgehead atoms. The average molecular weight is 167 g/mol. The first kappa shape index (κ1) is 9.03. The molecule has 12 heavy (non-hydrogen) atoms. The van der Waals surface area contributed by atoms with Crippen molar-refractivity contribution >= 4 is 0 Å². The topological polar surface area (TPSA) is 66.5 Å². The van der Waals surface area contributed by atoms with Gasteiger partial charge in [-0.25, -0.2) is 0 Å². The van der Waals surface area contributed by atoms with Crippen molar-refractivity contribution in [1.82, 2.24) is 0 Å². The van der Waals surface area contributed by atoms with Crippen molar-refractivity contribution in [3.05, 3.63) is 29.8 Å². The van der Waals surface area contributed by atoms with Gasteiger partial charge in [0.25, 0.3) is 0 Å². The normalized spacial score (nSPS) is 15.6. The van der Waals surface area contributed by atoms with Gasteiger partial charge >= 0.3 is 0 Å². The number of rotatable bonds is 2. The number of benzene rings is 1. The van der Waals surface area contributed by atoms with Crippen molar-refractivity contribution in [2.24, 2.45) is 5.73 Å². The fraction of sp³-hybridized carbons (Fsp3) is 0.333. The molecule has 0 unspecified atom stereocenters. The zero-order chi connectivity index (χ0) is 9.14. The first-order valence-electron chi connectivity index (χ1n) is 3.84. The SMILES string of the molecule is C[C@@H](O)[C@@H](N)c1cccc(O)c1. The quantitative estimate of drug-likeness (QED) is 0.609. The third kappa shape index (κ3) is 1.96. The van der Waals surface area contributed by atoms with Gasteiger partial charge in [0.05, 0.1) is 12.1 Å². The van der Waals surface area contributed by atoms with Crippen LogP contribution in [0.25, 0.3) is 0 Å². The summed E-state index contributed by atoms with van der Waals surface area (Å²) < 4.78 is 0. The molecule has 3 heteroatoms. The summed E-state index contributed by atoms with van der Waals surface area (Å²) in [6, 6.07) is 6.16. The van der Waals surface area contributed by atoms with Gasteiger partial charge in [-0.2, -0.15) is 0 Å². The molecular weight excluding hydrogens is 154 g/mol. The van der Waals surface area contributed by atoms with E-state index >= 15 is 0 Å². The van der Waals surface area contributed by atoms with E-state index in [1.165, 1.54) is 0 Å². The Kier molecular flexibility index (Phi) is 2.68. The molecule has 0 saturated carbocycles. The second-order valence-electron chi connectivity index (χ2n) is 2.86. The predicted octanol–water partition coefficient (Wildman–Crippen LogP) is 0.773. The highest BCUT2D eigenvalue weighted by atomic mass is 16.3. The predicted molar refractivity (Wildman–Crippen MR) is 46.7 cm³/mol. The van der Waals surface area contributed by atoms with Gasteiger partial charge in [0.2, 0.25) is 0 Å². The standard InChI is InChI=1S/C9H13NO2/c1-6(11)9(10)7-3-2-4-8(12)5-7/h2-6,9,11-12H,10H2,1H3/t6-,9-/m1/s1. The molecule has 2 atom stereocenters. The Morgan fingerprint density at radius 3 is 2.58 bits per heavy atom. The van der Waals surface area contributed by atoms with Crippen LogP contribution in [0.3, 0.4) is 0 Å². The molecule has 0 saturated heterocycles. The number of hydrogen-bond acceptors (Lipinski definition) is 3. The number of aliphatic hydroxyl groups excluding tert-OH is 1. The Balaban J connectivity index is 2.88. The molecule has 1 aromatic rings. The second kappa shape index (κ2) is 3.56. The molecule has 0 aromatic heterocycles. The zero-order valence-electron chi connectivity index (χ0n) is 6.94. The number of aromatic hydroxyl groups is 1. The lowest BCUT2D eigenvalue weighted by atomic mass is 10.0. The highest BCUT2D eigenvalue weighted by Gasteiger charge is 2.11. The molecule has 0 radical (unpaired) electrons. The van der Waals surface area contributed by atoms with Crippen LogP contribution in [-0.4, -0.2) is 16.3 Å². The largest absolute Gasteiger partial charge is 0.508 e. The lowest BCUT2D eigenvalue weighted by Crippen LogP contribution is -2.22. The summed E-state index contributed by atoms with van der Waals surface area (Å²) in [5.74, 6) is 0.170. The molecule has 0 heterocycles. The fourth-order valence-electron chi connectivity index (χ4n) is 1.01. The maximum absolute atomic E-state index is 9.16. The Hall–Kier alpha value is -1.06. The number of hydrogen-bond donors (Lipinski definition) is 3. The van der Waals surface area contributed by atoms with Gasteiger partial charge in [-0.05, 0) is 24.6 Å². The summed E-state index contributed by atoms with van der Waals surface area (Å²) in [6.45, 7) is 1.62. The van der Waals surface area contributed by atoms with Crippen LogP contribution in [0.2, 0.25) is 0 Å². The highest BCUT2D eigenvalue weighted by molar-refractivity contribution is 5.29. The summed E-state index contributed by atoms with van der Waals surface area (Å²) in [6.07, 6.45) is -0.605. The smallest absolute Gasteiger partial charge is 0.115 e. The molecule has 0 aliphatic rings. The van der Waals surface area contributed by atoms with Gasteiger partial charge in [-0.15, -0.1) is 0 Å². The van der Waals surface area contributed by atoms with E-state index < -0.39 is 12.1 Å². The summed E-state index contributed by atoms with van der Waals surface area (Å²) in [4.78, 5) is 0. The molecular formula is C9H13NO2. The van der Waals surface area contributed by atoms with Gasteiger partial charge in [0.1, 0.15) is 5.75 Å². The molecule has 0 amide bonds. The maximum atomic E-state index is 9.16. The molecule has 1 rings (SSSR count). The molecule has 66 valence electrons. The molecule has 3 nitrogen and oxygen atoms in total. The summed E-state index contributed by atoms with van der Waals surface area (Å²) in [5, 5.41) is 18.3. The third-order valence-corrected chi connectivity index (χ3v) is 1.77. The summed E-state index contributed by atoms with van der Waals surface area (Å²) in [5.41, 5.74) is 6.39. The number of aliphatic hydroxyl groups is 1. The van der Waals surface area contributed by atoms with Crippen LogP contribution in [0, 0.1) is 0 Å². The molecule has 0 aliphatic carbocycles. The minimum absolute atomic E-state index is 0.170. The van der Waals surface area contributed by atoms with Crippen LogP contribution >= 0.6 is 0 Å². The lowest BCUT2D eigenvalue weighted by molar-refractivity contribution is 0.164. The maximum Gasteiger partial charge on any atom is 0.115 e. The summed E-state index contributed by atoms with van der Waals surface area (Å²) in [7, 11) is 0. The van der Waals surface area contributed by atoms with Crippen molar-refractivity contribution < 1.29 is 10.2 Å². The minimum atomic E-state index is -0.605. The van der Waals surface area contributed by atoms with Crippen molar-refractivity contribution in [3.63, 3.8) is 0 Å². The van der Waals surface area contributed by atoms with Crippen molar-refractivity contribution in [2.45, 2.75) is 19.1 Å². The molecule has 0 aliphatic heterocycles. The van der Waals surface area contributed by atoms with Gasteiger partial charge in [-0.1, -0.05) is 12.1 Å². The molecule has 0 spiro atoms. The van der Waals surface area contributed by atoms with E-state index in [0.29, 0.717) is 0 Å². The van der Waals surface area contributed by atoms with Crippen LogP contribution in [0.4, 0.5) is 0 Å². The van der Waals surface area contributed by atoms with Crippen LogP contribution < -0.4 is 5.73 Å². The molecule has 1 aromatic carbocycles. The van der Waals surface area contributed by atoms with Crippen molar-refractivity contribution in [3.8, 4) is 5.75 Å². The van der Waals surface area contributed by atoms with E-state index in [1.54, 1.807) is 31.2 Å². The first-order valence-corrected chi connectivity index (χ1v) is 3.84. The second-order valence-corrected chi connectivity index (χ2v) is 2.86. The zero-order valence-corrected chi connectivity index (χ0v) is 6.94. The van der Waals surface area contributed by atoms with Gasteiger partial charge in [0, 0.05) is 0 Å². The Bertz CT molecular complexity index is 260. The highest BCUT2D eigenvalue weighted by Crippen LogP contribution is 2.18. The fourth-order valence-corrected chi connectivity index (χ4v) is 1.01. The lowest BCUT2D eigenvalue weighted by Gasteiger charge is -2.14. The van der Waals surface area contributed by atoms with Crippen LogP contribution in [-0.2, 0) is 0 Å². The average Bonchev–Trinajstić information content (AvgIpc) is 2.03. The van der Waals surface area contributed by atoms with E-state index in [-0.39, 0.29) is 5.75 Å². The summed E-state index contributed by atoms with van der Waals surface area (Å²) >= 11 is 0. The van der Waals surface area contributed by atoms with E-state index in [9.17, 15) is 0 Å². The number of nitrogens with two attached hydrogens (primary N) is 1. The third-order valence-electron chi connectivity index (χ3n) is 1.77. The van der Waals surface area contributed by atoms with Crippen LogP contribution in [0.1, 0.15) is 18.5 Å². The minimum Gasteiger partial charge on any atom is -0.508 e. The molecule has 4 N–H and O–H groups in total. The van der Waals surface area contributed by atoms with E-state index in [4.69, 9.17) is 15.9 Å².